The van der Waals surface area contributed by atoms with Crippen LogP contribution in [0, 0.1) is 0 Å². The highest BCUT2D eigenvalue weighted by atomic mass is 127. The molecule has 2 N–H and O–H groups in total. The number of rotatable bonds is 8. The van der Waals surface area contributed by atoms with Gasteiger partial charge in [-0.2, -0.15) is 0 Å². The summed E-state index contributed by atoms with van der Waals surface area (Å²) in [7, 11) is 1.79. The molecule has 0 aromatic heterocycles. The molecule has 142 valence electrons. The molecular formula is C18H29ClIN3O2. The standard InChI is InChI=1S/C18H28ClN3O2.HI/c1-20-18(22-11-7-15-3-5-16(19)6-4-15)21-10-2-12-24-17-8-13-23-14-9-17;/h3-6,17H,2,7-14H2,1H3,(H2,20,21,22);1H. The summed E-state index contributed by atoms with van der Waals surface area (Å²) >= 11 is 5.89. The molecule has 1 aliphatic rings. The third kappa shape index (κ3) is 9.63. The molecule has 0 amide bonds. The summed E-state index contributed by atoms with van der Waals surface area (Å²) in [6.45, 7) is 4.11. The Kier molecular flexibility index (Phi) is 12.2. The van der Waals surface area contributed by atoms with Crippen molar-refractivity contribution in [2.45, 2.75) is 31.8 Å². The molecule has 0 radical (unpaired) electrons. The van der Waals surface area contributed by atoms with E-state index in [0.29, 0.717) is 6.10 Å². The van der Waals surface area contributed by atoms with Crippen LogP contribution in [0.2, 0.25) is 5.02 Å². The van der Waals surface area contributed by atoms with Gasteiger partial charge in [0.15, 0.2) is 5.96 Å². The smallest absolute Gasteiger partial charge is 0.190 e. The second-order valence-corrected chi connectivity index (χ2v) is 6.27. The number of aliphatic imine (C=N–C) groups is 1. The summed E-state index contributed by atoms with van der Waals surface area (Å²) < 4.78 is 11.2. The lowest BCUT2D eigenvalue weighted by Gasteiger charge is -2.22. The molecule has 0 atom stereocenters. The quantitative estimate of drug-likeness (QED) is 0.259. The van der Waals surface area contributed by atoms with Gasteiger partial charge in [0.25, 0.3) is 0 Å². The van der Waals surface area contributed by atoms with Crippen molar-refractivity contribution in [1.82, 2.24) is 10.6 Å². The van der Waals surface area contributed by atoms with Crippen LogP contribution < -0.4 is 10.6 Å². The zero-order chi connectivity index (χ0) is 17.0. The van der Waals surface area contributed by atoms with E-state index < -0.39 is 0 Å². The van der Waals surface area contributed by atoms with Gasteiger partial charge in [-0.15, -0.1) is 24.0 Å². The predicted molar refractivity (Wildman–Crippen MR) is 114 cm³/mol. The third-order valence-electron chi connectivity index (χ3n) is 3.98. The molecule has 1 aliphatic heterocycles. The first-order valence-electron chi connectivity index (χ1n) is 8.66. The number of benzene rings is 1. The van der Waals surface area contributed by atoms with Gasteiger partial charge in [0.2, 0.25) is 0 Å². The lowest BCUT2D eigenvalue weighted by molar-refractivity contribution is -0.0320. The van der Waals surface area contributed by atoms with E-state index in [1.165, 1.54) is 5.56 Å². The fraction of sp³-hybridized carbons (Fsp3) is 0.611. The minimum atomic E-state index is 0. The maximum atomic E-state index is 5.89. The number of nitrogens with zero attached hydrogens (tertiary/aromatic N) is 1. The van der Waals surface area contributed by atoms with E-state index in [4.69, 9.17) is 21.1 Å². The molecule has 0 saturated carbocycles. The highest BCUT2D eigenvalue weighted by Gasteiger charge is 2.13. The molecule has 0 spiro atoms. The monoisotopic (exact) mass is 481 g/mol. The van der Waals surface area contributed by atoms with Crippen LogP contribution in [0.3, 0.4) is 0 Å². The minimum Gasteiger partial charge on any atom is -0.381 e. The maximum Gasteiger partial charge on any atom is 0.190 e. The second-order valence-electron chi connectivity index (χ2n) is 5.84. The van der Waals surface area contributed by atoms with Crippen LogP contribution in [-0.2, 0) is 15.9 Å². The summed E-state index contributed by atoms with van der Waals surface area (Å²) in [5.41, 5.74) is 1.26. The van der Waals surface area contributed by atoms with Crippen molar-refractivity contribution in [1.29, 1.82) is 0 Å². The van der Waals surface area contributed by atoms with Gasteiger partial charge < -0.3 is 20.1 Å². The zero-order valence-electron chi connectivity index (χ0n) is 14.8. The van der Waals surface area contributed by atoms with Crippen molar-refractivity contribution in [3.8, 4) is 0 Å². The molecule has 0 aliphatic carbocycles. The Bertz CT molecular complexity index is 494. The summed E-state index contributed by atoms with van der Waals surface area (Å²) in [6.07, 6.45) is 4.30. The van der Waals surface area contributed by atoms with E-state index in [0.717, 1.165) is 69.6 Å². The van der Waals surface area contributed by atoms with Crippen LogP contribution in [0.15, 0.2) is 29.3 Å². The topological polar surface area (TPSA) is 54.9 Å². The first-order chi connectivity index (χ1) is 11.8. The molecule has 1 heterocycles. The van der Waals surface area contributed by atoms with Crippen LogP contribution in [0.25, 0.3) is 0 Å². The van der Waals surface area contributed by atoms with E-state index in [2.05, 4.69) is 15.6 Å². The number of halogens is 2. The van der Waals surface area contributed by atoms with Gasteiger partial charge in [-0.3, -0.25) is 4.99 Å². The van der Waals surface area contributed by atoms with Gasteiger partial charge in [0.1, 0.15) is 0 Å². The summed E-state index contributed by atoms with van der Waals surface area (Å²) in [5, 5.41) is 7.41. The van der Waals surface area contributed by atoms with Crippen molar-refractivity contribution >= 4 is 41.5 Å². The van der Waals surface area contributed by atoms with Gasteiger partial charge in [-0.05, 0) is 43.4 Å². The Morgan fingerprint density at radius 1 is 1.20 bits per heavy atom. The number of hydrogen-bond donors (Lipinski definition) is 2. The van der Waals surface area contributed by atoms with Gasteiger partial charge in [-0.1, -0.05) is 23.7 Å². The highest BCUT2D eigenvalue weighted by molar-refractivity contribution is 14.0. The minimum absolute atomic E-state index is 0. The van der Waals surface area contributed by atoms with Crippen LogP contribution in [0.4, 0.5) is 0 Å². The maximum absolute atomic E-state index is 5.89. The van der Waals surface area contributed by atoms with E-state index in [1.54, 1.807) is 7.05 Å². The number of guanidine groups is 1. The Hall–Kier alpha value is -0.570. The van der Waals surface area contributed by atoms with E-state index in [9.17, 15) is 0 Å². The molecule has 1 aromatic rings. The van der Waals surface area contributed by atoms with Crippen molar-refractivity contribution in [2.24, 2.45) is 4.99 Å². The Labute approximate surface area is 172 Å². The number of hydrogen-bond acceptors (Lipinski definition) is 3. The molecule has 5 nitrogen and oxygen atoms in total. The molecular weight excluding hydrogens is 453 g/mol. The third-order valence-corrected chi connectivity index (χ3v) is 4.23. The highest BCUT2D eigenvalue weighted by Crippen LogP contribution is 2.10. The van der Waals surface area contributed by atoms with Crippen LogP contribution >= 0.6 is 35.6 Å². The first kappa shape index (κ1) is 22.5. The fourth-order valence-electron chi connectivity index (χ4n) is 2.57. The van der Waals surface area contributed by atoms with Gasteiger partial charge in [-0.25, -0.2) is 0 Å². The molecule has 7 heteroatoms. The molecule has 0 bridgehead atoms. The van der Waals surface area contributed by atoms with Gasteiger partial charge in [0, 0.05) is 45.0 Å². The Balaban J connectivity index is 0.00000312. The van der Waals surface area contributed by atoms with E-state index in [-0.39, 0.29) is 24.0 Å². The van der Waals surface area contributed by atoms with Gasteiger partial charge in [0.05, 0.1) is 6.10 Å². The summed E-state index contributed by atoms with van der Waals surface area (Å²) in [4.78, 5) is 4.24. The van der Waals surface area contributed by atoms with Crippen molar-refractivity contribution in [2.75, 3.05) is 40.0 Å². The van der Waals surface area contributed by atoms with Crippen molar-refractivity contribution in [3.05, 3.63) is 34.9 Å². The van der Waals surface area contributed by atoms with Crippen LogP contribution in [-0.4, -0.2) is 52.0 Å². The Morgan fingerprint density at radius 3 is 2.56 bits per heavy atom. The van der Waals surface area contributed by atoms with Crippen molar-refractivity contribution < 1.29 is 9.47 Å². The lowest BCUT2D eigenvalue weighted by Crippen LogP contribution is -2.39. The summed E-state index contributed by atoms with van der Waals surface area (Å²) in [5.74, 6) is 0.829. The normalized spacial score (nSPS) is 15.5. The SMILES string of the molecule is CN=C(NCCCOC1CCOCC1)NCCc1ccc(Cl)cc1.I. The second kappa shape index (κ2) is 13.6. The molecule has 0 unspecified atom stereocenters. The molecule has 25 heavy (non-hydrogen) atoms. The summed E-state index contributed by atoms with van der Waals surface area (Å²) in [6, 6.07) is 7.94. The first-order valence-corrected chi connectivity index (χ1v) is 9.04. The molecule has 1 saturated heterocycles. The molecule has 1 fully saturated rings. The Morgan fingerprint density at radius 2 is 1.88 bits per heavy atom. The predicted octanol–water partition coefficient (Wildman–Crippen LogP) is 3.25. The molecule has 1 aromatic carbocycles. The van der Waals surface area contributed by atoms with E-state index in [1.807, 2.05) is 24.3 Å². The average molecular weight is 482 g/mol. The van der Waals surface area contributed by atoms with E-state index >= 15 is 0 Å². The van der Waals surface area contributed by atoms with Gasteiger partial charge >= 0.3 is 0 Å². The average Bonchev–Trinajstić information content (AvgIpc) is 2.62. The largest absolute Gasteiger partial charge is 0.381 e. The molecule has 2 rings (SSSR count). The number of nitrogens with one attached hydrogen (secondary N) is 2. The zero-order valence-corrected chi connectivity index (χ0v) is 17.9. The van der Waals surface area contributed by atoms with Crippen LogP contribution in [0.1, 0.15) is 24.8 Å². The van der Waals surface area contributed by atoms with Crippen LogP contribution in [0.5, 0.6) is 0 Å². The number of ether oxygens (including phenoxy) is 2. The van der Waals surface area contributed by atoms with Crippen molar-refractivity contribution in [3.63, 3.8) is 0 Å². The lowest BCUT2D eigenvalue weighted by atomic mass is 10.1. The fourth-order valence-corrected chi connectivity index (χ4v) is 2.69.